The second-order valence-corrected chi connectivity index (χ2v) is 5.10. The number of carbonyl (C=O) groups is 1. The molecule has 0 fully saturated rings. The van der Waals surface area contributed by atoms with Crippen molar-refractivity contribution in [3.63, 3.8) is 0 Å². The van der Waals surface area contributed by atoms with Crippen LogP contribution in [0.4, 0.5) is 4.39 Å². The number of hydrogen-bond donors (Lipinski definition) is 1. The van der Waals surface area contributed by atoms with E-state index in [1.165, 1.54) is 24.3 Å². The van der Waals surface area contributed by atoms with Gasteiger partial charge >= 0.3 is 5.97 Å². The molecule has 1 N–H and O–H groups in total. The predicted molar refractivity (Wildman–Crippen MR) is 85.2 cm³/mol. The molecule has 24 heavy (non-hydrogen) atoms. The van der Waals surface area contributed by atoms with Gasteiger partial charge in [-0.05, 0) is 48.9 Å². The summed E-state index contributed by atoms with van der Waals surface area (Å²) in [4.78, 5) is 11.8. The van der Waals surface area contributed by atoms with Gasteiger partial charge in [-0.2, -0.15) is 0 Å². The molecule has 0 saturated heterocycles. The van der Waals surface area contributed by atoms with Crippen molar-refractivity contribution >= 4 is 5.97 Å². The van der Waals surface area contributed by atoms with Crippen molar-refractivity contribution in [2.45, 2.75) is 19.6 Å². The fourth-order valence-corrected chi connectivity index (χ4v) is 1.87. The molecule has 1 unspecified atom stereocenters. The zero-order valence-electron chi connectivity index (χ0n) is 13.3. The van der Waals surface area contributed by atoms with E-state index in [9.17, 15) is 14.3 Å². The van der Waals surface area contributed by atoms with Gasteiger partial charge in [0.25, 0.3) is 0 Å². The van der Waals surface area contributed by atoms with Crippen LogP contribution in [-0.4, -0.2) is 30.4 Å². The highest BCUT2D eigenvalue weighted by Gasteiger charge is 2.16. The highest BCUT2D eigenvalue weighted by atomic mass is 19.1. The fourth-order valence-electron chi connectivity index (χ4n) is 1.87. The van der Waals surface area contributed by atoms with E-state index in [0.29, 0.717) is 12.4 Å². The van der Waals surface area contributed by atoms with Gasteiger partial charge in [0.15, 0.2) is 6.10 Å². The first-order chi connectivity index (χ1) is 11.5. The van der Waals surface area contributed by atoms with Crippen LogP contribution in [0.2, 0.25) is 0 Å². The summed E-state index contributed by atoms with van der Waals surface area (Å²) in [6, 6.07) is 12.1. The second-order valence-electron chi connectivity index (χ2n) is 5.10. The van der Waals surface area contributed by atoms with Crippen molar-refractivity contribution in [1.29, 1.82) is 0 Å². The molecule has 2 aromatic rings. The number of esters is 1. The lowest BCUT2D eigenvalue weighted by atomic mass is 10.2. The predicted octanol–water partition coefficient (Wildman–Crippen LogP) is 3.06. The summed E-state index contributed by atoms with van der Waals surface area (Å²) in [5.41, 5.74) is 0.840. The third-order valence-electron chi connectivity index (χ3n) is 3.14. The van der Waals surface area contributed by atoms with Crippen molar-refractivity contribution in [2.24, 2.45) is 0 Å². The molecule has 5 nitrogen and oxygen atoms in total. The first kappa shape index (κ1) is 17.7. The minimum atomic E-state index is -0.772. The summed E-state index contributed by atoms with van der Waals surface area (Å²) >= 11 is 0. The molecule has 0 aliphatic carbocycles. The van der Waals surface area contributed by atoms with E-state index in [1.54, 1.807) is 31.2 Å². The van der Waals surface area contributed by atoms with Gasteiger partial charge in [0.1, 0.15) is 23.9 Å². The Morgan fingerprint density at radius 2 is 1.75 bits per heavy atom. The quantitative estimate of drug-likeness (QED) is 0.594. The van der Waals surface area contributed by atoms with Crippen LogP contribution in [0.5, 0.6) is 11.5 Å². The topological polar surface area (TPSA) is 65.0 Å². The Kier molecular flexibility index (Phi) is 6.57. The van der Waals surface area contributed by atoms with Gasteiger partial charge in [-0.25, -0.2) is 9.18 Å². The Hall–Kier alpha value is -2.60. The first-order valence-electron chi connectivity index (χ1n) is 7.49. The van der Waals surface area contributed by atoms with Gasteiger partial charge in [0.2, 0.25) is 0 Å². The lowest BCUT2D eigenvalue weighted by Crippen LogP contribution is -2.27. The summed E-state index contributed by atoms with van der Waals surface area (Å²) in [5.74, 6) is -0.218. The summed E-state index contributed by atoms with van der Waals surface area (Å²) in [5, 5.41) is 9.18. The summed E-state index contributed by atoms with van der Waals surface area (Å²) in [7, 11) is 0. The normalized spacial score (nSPS) is 11.8. The van der Waals surface area contributed by atoms with Gasteiger partial charge in [-0.3, -0.25) is 0 Å². The highest BCUT2D eigenvalue weighted by molar-refractivity contribution is 5.74. The lowest BCUT2D eigenvalue weighted by Gasteiger charge is -2.14. The monoisotopic (exact) mass is 334 g/mol. The molecule has 2 aromatic carbocycles. The number of carbonyl (C=O) groups excluding carboxylic acids is 1. The van der Waals surface area contributed by atoms with Gasteiger partial charge < -0.3 is 19.3 Å². The van der Waals surface area contributed by atoms with Crippen LogP contribution >= 0.6 is 0 Å². The molecular weight excluding hydrogens is 315 g/mol. The van der Waals surface area contributed by atoms with E-state index in [0.717, 1.165) is 5.56 Å². The standard InChI is InChI=1S/C18H19FO5/c1-13(24-17-8-6-16(20)7-9-17)18(21)23-11-10-22-12-14-2-4-15(19)5-3-14/h2-9,13,20H,10-12H2,1H3. The summed E-state index contributed by atoms with van der Waals surface area (Å²) in [6.07, 6.45) is -0.772. The molecule has 128 valence electrons. The average Bonchev–Trinajstić information content (AvgIpc) is 2.58. The van der Waals surface area contributed by atoms with E-state index < -0.39 is 12.1 Å². The zero-order valence-corrected chi connectivity index (χ0v) is 13.3. The molecule has 2 rings (SSSR count). The molecule has 0 saturated carbocycles. The number of phenols is 1. The zero-order chi connectivity index (χ0) is 17.4. The van der Waals surface area contributed by atoms with Crippen LogP contribution in [0.25, 0.3) is 0 Å². The van der Waals surface area contributed by atoms with Crippen LogP contribution in [0.15, 0.2) is 48.5 Å². The maximum absolute atomic E-state index is 12.7. The number of rotatable bonds is 8. The van der Waals surface area contributed by atoms with Crippen LogP contribution in [-0.2, 0) is 20.9 Å². The number of phenolic OH excluding ortho intramolecular Hbond substituents is 1. The molecule has 0 aliphatic heterocycles. The SMILES string of the molecule is CC(Oc1ccc(O)cc1)C(=O)OCCOCc1ccc(F)cc1. The minimum absolute atomic E-state index is 0.101. The number of ether oxygens (including phenoxy) is 3. The van der Waals surface area contributed by atoms with E-state index in [-0.39, 0.29) is 24.8 Å². The van der Waals surface area contributed by atoms with Gasteiger partial charge in [-0.15, -0.1) is 0 Å². The first-order valence-corrected chi connectivity index (χ1v) is 7.49. The van der Waals surface area contributed by atoms with Crippen LogP contribution in [0.3, 0.4) is 0 Å². The van der Waals surface area contributed by atoms with Crippen molar-refractivity contribution in [2.75, 3.05) is 13.2 Å². The maximum Gasteiger partial charge on any atom is 0.347 e. The second kappa shape index (κ2) is 8.88. The van der Waals surface area contributed by atoms with Crippen molar-refractivity contribution < 1.29 is 28.5 Å². The Labute approximate surface area is 139 Å². The molecular formula is C18H19FO5. The van der Waals surface area contributed by atoms with Crippen LogP contribution < -0.4 is 4.74 Å². The number of aromatic hydroxyl groups is 1. The summed E-state index contributed by atoms with van der Waals surface area (Å²) < 4.78 is 28.6. The third-order valence-corrected chi connectivity index (χ3v) is 3.14. The highest BCUT2D eigenvalue weighted by Crippen LogP contribution is 2.17. The number of hydrogen-bond acceptors (Lipinski definition) is 5. The van der Waals surface area contributed by atoms with Crippen molar-refractivity contribution in [1.82, 2.24) is 0 Å². The number of benzene rings is 2. The molecule has 0 heterocycles. The Morgan fingerprint density at radius 3 is 2.42 bits per heavy atom. The van der Waals surface area contributed by atoms with Gasteiger partial charge in [0.05, 0.1) is 13.2 Å². The Morgan fingerprint density at radius 1 is 1.08 bits per heavy atom. The van der Waals surface area contributed by atoms with Crippen LogP contribution in [0.1, 0.15) is 12.5 Å². The largest absolute Gasteiger partial charge is 0.508 e. The van der Waals surface area contributed by atoms with E-state index >= 15 is 0 Å². The summed E-state index contributed by atoms with van der Waals surface area (Å²) in [6.45, 7) is 2.23. The van der Waals surface area contributed by atoms with E-state index in [4.69, 9.17) is 14.2 Å². The number of halogens is 1. The van der Waals surface area contributed by atoms with Crippen molar-refractivity contribution in [3.8, 4) is 11.5 Å². The smallest absolute Gasteiger partial charge is 0.347 e. The molecule has 0 radical (unpaired) electrons. The van der Waals surface area contributed by atoms with E-state index in [2.05, 4.69) is 0 Å². The lowest BCUT2D eigenvalue weighted by molar-refractivity contribution is -0.152. The minimum Gasteiger partial charge on any atom is -0.508 e. The Balaban J connectivity index is 1.63. The van der Waals surface area contributed by atoms with E-state index in [1.807, 2.05) is 0 Å². The third kappa shape index (κ3) is 5.89. The fraction of sp³-hybridized carbons (Fsp3) is 0.278. The molecule has 0 aliphatic rings. The molecule has 0 amide bonds. The van der Waals surface area contributed by atoms with Gasteiger partial charge in [0, 0.05) is 0 Å². The molecule has 6 heteroatoms. The molecule has 0 aromatic heterocycles. The van der Waals surface area contributed by atoms with Crippen molar-refractivity contribution in [3.05, 3.63) is 59.9 Å². The Bertz CT molecular complexity index is 639. The molecule has 0 bridgehead atoms. The average molecular weight is 334 g/mol. The molecule has 1 atom stereocenters. The maximum atomic E-state index is 12.7. The molecule has 0 spiro atoms. The van der Waals surface area contributed by atoms with Gasteiger partial charge in [-0.1, -0.05) is 12.1 Å². The van der Waals surface area contributed by atoms with Crippen LogP contribution in [0, 0.1) is 5.82 Å².